The molecule has 0 unspecified atom stereocenters. The average molecular weight is 368 g/mol. The van der Waals surface area contributed by atoms with Gasteiger partial charge in [-0.2, -0.15) is 4.31 Å². The summed E-state index contributed by atoms with van der Waals surface area (Å²) in [6, 6.07) is 6.48. The number of sulfonamides is 1. The van der Waals surface area contributed by atoms with Gasteiger partial charge < -0.3 is 11.1 Å². The zero-order chi connectivity index (χ0) is 18.5. The van der Waals surface area contributed by atoms with Gasteiger partial charge >= 0.3 is 0 Å². The molecule has 7 heteroatoms. The third-order valence-electron chi connectivity index (χ3n) is 5.27. The predicted molar refractivity (Wildman–Crippen MR) is 99.8 cm³/mol. The topological polar surface area (TPSA) is 92.5 Å². The zero-order valence-corrected chi connectivity index (χ0v) is 15.9. The summed E-state index contributed by atoms with van der Waals surface area (Å²) >= 11 is 0. The molecule has 2 rings (SSSR count). The minimum Gasteiger partial charge on any atom is -0.329 e. The highest BCUT2D eigenvalue weighted by molar-refractivity contribution is 7.89. The van der Waals surface area contributed by atoms with Gasteiger partial charge in [0.1, 0.15) is 0 Å². The van der Waals surface area contributed by atoms with E-state index in [0.29, 0.717) is 31.6 Å². The number of carbonyl (C=O) groups excluding carboxylic acids is 1. The number of nitrogens with one attached hydrogen (secondary N) is 1. The van der Waals surface area contributed by atoms with Crippen molar-refractivity contribution in [1.82, 2.24) is 4.31 Å². The molecule has 0 atom stereocenters. The second kappa shape index (κ2) is 8.29. The van der Waals surface area contributed by atoms with Crippen molar-refractivity contribution in [3.8, 4) is 0 Å². The largest absolute Gasteiger partial charge is 0.329 e. The molecule has 1 amide bonds. The fourth-order valence-electron chi connectivity index (χ4n) is 3.20. The molecule has 0 radical (unpaired) electrons. The molecule has 25 heavy (non-hydrogen) atoms. The van der Waals surface area contributed by atoms with Gasteiger partial charge in [-0.15, -0.1) is 0 Å². The molecule has 1 fully saturated rings. The Hall–Kier alpha value is -1.44. The summed E-state index contributed by atoms with van der Waals surface area (Å²) in [5.41, 5.74) is 5.68. The maximum atomic E-state index is 12.8. The predicted octanol–water partition coefficient (Wildman–Crippen LogP) is 2.56. The Labute approximate surface area is 150 Å². The lowest BCUT2D eigenvalue weighted by Crippen LogP contribution is -2.41. The van der Waals surface area contributed by atoms with E-state index >= 15 is 0 Å². The van der Waals surface area contributed by atoms with Gasteiger partial charge in [-0.05, 0) is 43.9 Å². The summed E-state index contributed by atoms with van der Waals surface area (Å²) in [5.74, 6) is -0.160. The lowest BCUT2D eigenvalue weighted by atomic mass is 9.81. The monoisotopic (exact) mass is 367 g/mol. The van der Waals surface area contributed by atoms with Gasteiger partial charge in [-0.25, -0.2) is 8.42 Å². The molecule has 0 bridgehead atoms. The smallest absolute Gasteiger partial charge is 0.243 e. The molecule has 1 aliphatic heterocycles. The van der Waals surface area contributed by atoms with Crippen molar-refractivity contribution in [1.29, 1.82) is 0 Å². The van der Waals surface area contributed by atoms with E-state index in [1.54, 1.807) is 18.2 Å². The van der Waals surface area contributed by atoms with Crippen LogP contribution >= 0.6 is 0 Å². The number of piperidine rings is 1. The van der Waals surface area contributed by atoms with Gasteiger partial charge in [-0.1, -0.05) is 26.3 Å². The fourth-order valence-corrected chi connectivity index (χ4v) is 4.77. The van der Waals surface area contributed by atoms with E-state index in [1.807, 2.05) is 13.8 Å². The molecule has 6 nitrogen and oxygen atoms in total. The molecule has 1 heterocycles. The third-order valence-corrected chi connectivity index (χ3v) is 7.17. The molecule has 1 aromatic carbocycles. The highest BCUT2D eigenvalue weighted by Crippen LogP contribution is 2.28. The quantitative estimate of drug-likeness (QED) is 0.775. The Bertz CT molecular complexity index is 685. The van der Waals surface area contributed by atoms with Crippen LogP contribution in [-0.2, 0) is 14.8 Å². The van der Waals surface area contributed by atoms with E-state index in [2.05, 4.69) is 5.32 Å². The SMILES string of the molecule is CCC(CC)(CN)C(=O)Nc1cccc(S(=O)(=O)N2CCCCC2)c1. The summed E-state index contributed by atoms with van der Waals surface area (Å²) in [7, 11) is -3.52. The Morgan fingerprint density at radius 2 is 1.84 bits per heavy atom. The first kappa shape index (κ1) is 19.9. The number of nitrogens with two attached hydrogens (primary N) is 1. The number of carbonyl (C=O) groups is 1. The zero-order valence-electron chi connectivity index (χ0n) is 15.1. The van der Waals surface area contributed by atoms with Crippen molar-refractivity contribution in [2.24, 2.45) is 11.1 Å². The number of benzene rings is 1. The summed E-state index contributed by atoms with van der Waals surface area (Å²) in [6.07, 6.45) is 4.12. The van der Waals surface area contributed by atoms with Crippen LogP contribution in [0.1, 0.15) is 46.0 Å². The van der Waals surface area contributed by atoms with Crippen molar-refractivity contribution in [2.45, 2.75) is 50.8 Å². The van der Waals surface area contributed by atoms with Crippen LogP contribution < -0.4 is 11.1 Å². The molecule has 140 valence electrons. The van der Waals surface area contributed by atoms with Gasteiger partial charge in [0.25, 0.3) is 0 Å². The van der Waals surface area contributed by atoms with Crippen molar-refractivity contribution in [3.63, 3.8) is 0 Å². The van der Waals surface area contributed by atoms with Crippen LogP contribution in [0.25, 0.3) is 0 Å². The molecule has 0 saturated carbocycles. The number of hydrogen-bond donors (Lipinski definition) is 2. The number of rotatable bonds is 7. The minimum atomic E-state index is -3.52. The molecule has 0 aliphatic carbocycles. The van der Waals surface area contributed by atoms with Crippen LogP contribution in [0.3, 0.4) is 0 Å². The van der Waals surface area contributed by atoms with Gasteiger partial charge in [-0.3, -0.25) is 4.79 Å². The summed E-state index contributed by atoms with van der Waals surface area (Å²) in [5, 5.41) is 2.85. The van der Waals surface area contributed by atoms with Crippen LogP contribution in [0.5, 0.6) is 0 Å². The van der Waals surface area contributed by atoms with Gasteiger partial charge in [0, 0.05) is 25.3 Å². The normalized spacial score (nSPS) is 16.6. The Morgan fingerprint density at radius 1 is 1.20 bits per heavy atom. The average Bonchev–Trinajstić information content (AvgIpc) is 2.64. The van der Waals surface area contributed by atoms with E-state index < -0.39 is 15.4 Å². The first-order valence-corrected chi connectivity index (χ1v) is 10.5. The van der Waals surface area contributed by atoms with Crippen LogP contribution in [0, 0.1) is 5.41 Å². The maximum absolute atomic E-state index is 12.8. The van der Waals surface area contributed by atoms with Gasteiger partial charge in [0.2, 0.25) is 15.9 Å². The van der Waals surface area contributed by atoms with Crippen LogP contribution in [0.15, 0.2) is 29.2 Å². The van der Waals surface area contributed by atoms with Crippen molar-refractivity contribution in [3.05, 3.63) is 24.3 Å². The number of nitrogens with zero attached hydrogens (tertiary/aromatic N) is 1. The van der Waals surface area contributed by atoms with E-state index in [0.717, 1.165) is 19.3 Å². The van der Waals surface area contributed by atoms with Crippen molar-refractivity contribution >= 4 is 21.6 Å². The molecule has 1 aromatic rings. The second-order valence-electron chi connectivity index (χ2n) is 6.64. The second-order valence-corrected chi connectivity index (χ2v) is 8.58. The Balaban J connectivity index is 2.22. The van der Waals surface area contributed by atoms with E-state index in [-0.39, 0.29) is 17.3 Å². The molecule has 0 aromatic heterocycles. The molecular weight excluding hydrogens is 338 g/mol. The first-order valence-electron chi connectivity index (χ1n) is 9.01. The fraction of sp³-hybridized carbons (Fsp3) is 0.611. The standard InChI is InChI=1S/C18H29N3O3S/c1-3-18(4-2,14-19)17(22)20-15-9-8-10-16(13-15)25(23,24)21-11-6-5-7-12-21/h8-10,13H,3-7,11-12,14,19H2,1-2H3,(H,20,22). The number of amides is 1. The number of hydrogen-bond acceptors (Lipinski definition) is 4. The lowest BCUT2D eigenvalue weighted by Gasteiger charge is -2.29. The summed E-state index contributed by atoms with van der Waals surface area (Å²) < 4.78 is 27.1. The van der Waals surface area contributed by atoms with Crippen molar-refractivity contribution in [2.75, 3.05) is 25.0 Å². The molecule has 1 aliphatic rings. The summed E-state index contributed by atoms with van der Waals surface area (Å²) in [4.78, 5) is 12.9. The third kappa shape index (κ3) is 4.22. The van der Waals surface area contributed by atoms with Crippen LogP contribution in [-0.4, -0.2) is 38.3 Å². The number of anilines is 1. The highest BCUT2D eigenvalue weighted by atomic mass is 32.2. The van der Waals surface area contributed by atoms with Crippen molar-refractivity contribution < 1.29 is 13.2 Å². The van der Waals surface area contributed by atoms with Crippen LogP contribution in [0.4, 0.5) is 5.69 Å². The van der Waals surface area contributed by atoms with E-state index in [1.165, 1.54) is 10.4 Å². The molecular formula is C18H29N3O3S. The molecule has 1 saturated heterocycles. The lowest BCUT2D eigenvalue weighted by molar-refractivity contribution is -0.125. The maximum Gasteiger partial charge on any atom is 0.243 e. The van der Waals surface area contributed by atoms with E-state index in [9.17, 15) is 13.2 Å². The van der Waals surface area contributed by atoms with Gasteiger partial charge in [0.05, 0.1) is 10.3 Å². The summed E-state index contributed by atoms with van der Waals surface area (Å²) in [6.45, 7) is 5.25. The van der Waals surface area contributed by atoms with Gasteiger partial charge in [0.15, 0.2) is 0 Å². The molecule has 3 N–H and O–H groups in total. The highest BCUT2D eigenvalue weighted by Gasteiger charge is 2.33. The molecule has 0 spiro atoms. The van der Waals surface area contributed by atoms with Crippen LogP contribution in [0.2, 0.25) is 0 Å². The first-order chi connectivity index (χ1) is 11.9. The Kier molecular flexibility index (Phi) is 6.59. The Morgan fingerprint density at radius 3 is 2.40 bits per heavy atom. The van der Waals surface area contributed by atoms with E-state index in [4.69, 9.17) is 5.73 Å². The minimum absolute atomic E-state index is 0.160.